The minimum absolute atomic E-state index is 0.0461. The Bertz CT molecular complexity index is 374. The number of hydrogen-bond donors (Lipinski definition) is 2. The van der Waals surface area contributed by atoms with Crippen LogP contribution in [0.5, 0.6) is 0 Å². The first-order valence-electron chi connectivity index (χ1n) is 5.66. The van der Waals surface area contributed by atoms with Crippen molar-refractivity contribution in [3.05, 3.63) is 29.6 Å². The summed E-state index contributed by atoms with van der Waals surface area (Å²) in [4.78, 5) is 1.29. The predicted octanol–water partition coefficient (Wildman–Crippen LogP) is 1.61. The SMILES string of the molecule is CNCc1c(F)cccc1N(CCO)CC(F)F. The van der Waals surface area contributed by atoms with Crippen molar-refractivity contribution in [1.82, 2.24) is 5.32 Å². The molecule has 18 heavy (non-hydrogen) atoms. The molecule has 0 aliphatic carbocycles. The maximum Gasteiger partial charge on any atom is 0.255 e. The number of rotatable bonds is 7. The second-order valence-electron chi connectivity index (χ2n) is 3.83. The Labute approximate surface area is 104 Å². The molecule has 3 nitrogen and oxygen atoms in total. The van der Waals surface area contributed by atoms with Gasteiger partial charge in [0.1, 0.15) is 5.82 Å². The number of nitrogens with one attached hydrogen (secondary N) is 1. The molecule has 0 saturated carbocycles. The summed E-state index contributed by atoms with van der Waals surface area (Å²) in [5, 5.41) is 11.7. The Balaban J connectivity index is 3.05. The molecule has 6 heteroatoms. The zero-order valence-corrected chi connectivity index (χ0v) is 10.2. The number of anilines is 1. The summed E-state index contributed by atoms with van der Waals surface area (Å²) in [5.41, 5.74) is 0.716. The van der Waals surface area contributed by atoms with E-state index in [0.29, 0.717) is 11.3 Å². The van der Waals surface area contributed by atoms with Crippen molar-refractivity contribution in [2.45, 2.75) is 13.0 Å². The summed E-state index contributed by atoms with van der Waals surface area (Å²) in [5.74, 6) is -0.445. The Morgan fingerprint density at radius 3 is 2.67 bits per heavy atom. The van der Waals surface area contributed by atoms with Gasteiger partial charge in [-0.05, 0) is 19.2 Å². The molecule has 1 aromatic carbocycles. The zero-order valence-electron chi connectivity index (χ0n) is 10.2. The summed E-state index contributed by atoms with van der Waals surface area (Å²) in [6.45, 7) is -0.499. The fourth-order valence-electron chi connectivity index (χ4n) is 1.79. The lowest BCUT2D eigenvalue weighted by molar-refractivity contribution is 0.152. The highest BCUT2D eigenvalue weighted by Crippen LogP contribution is 2.23. The Kier molecular flexibility index (Phi) is 5.94. The summed E-state index contributed by atoms with van der Waals surface area (Å²) >= 11 is 0. The van der Waals surface area contributed by atoms with Crippen molar-refractivity contribution in [1.29, 1.82) is 0 Å². The first-order chi connectivity index (χ1) is 8.60. The van der Waals surface area contributed by atoms with Crippen LogP contribution in [0, 0.1) is 5.82 Å². The van der Waals surface area contributed by atoms with E-state index in [-0.39, 0.29) is 19.7 Å². The number of aliphatic hydroxyl groups excluding tert-OH is 1. The molecule has 0 spiro atoms. The van der Waals surface area contributed by atoms with Gasteiger partial charge < -0.3 is 15.3 Å². The molecule has 0 radical (unpaired) electrons. The highest BCUT2D eigenvalue weighted by atomic mass is 19.3. The normalized spacial score (nSPS) is 11.0. The molecular formula is C12H17F3N2O. The second kappa shape index (κ2) is 7.23. The quantitative estimate of drug-likeness (QED) is 0.783. The molecule has 0 aliphatic heterocycles. The molecule has 0 amide bonds. The molecule has 0 bridgehead atoms. The lowest BCUT2D eigenvalue weighted by Crippen LogP contribution is -2.33. The number of halogens is 3. The van der Waals surface area contributed by atoms with Gasteiger partial charge in [0, 0.05) is 24.3 Å². The molecule has 0 aromatic heterocycles. The summed E-state index contributed by atoms with van der Waals surface area (Å²) < 4.78 is 38.6. The topological polar surface area (TPSA) is 35.5 Å². The van der Waals surface area contributed by atoms with Gasteiger partial charge in [-0.25, -0.2) is 13.2 Å². The van der Waals surface area contributed by atoms with Gasteiger partial charge in [0.2, 0.25) is 0 Å². The number of nitrogens with zero attached hydrogens (tertiary/aromatic N) is 1. The van der Waals surface area contributed by atoms with Crippen molar-refractivity contribution in [2.75, 3.05) is 31.6 Å². The number of hydrogen-bond acceptors (Lipinski definition) is 3. The van der Waals surface area contributed by atoms with Crippen molar-refractivity contribution in [3.63, 3.8) is 0 Å². The molecule has 0 atom stereocenters. The number of benzene rings is 1. The lowest BCUT2D eigenvalue weighted by Gasteiger charge is -2.26. The number of aliphatic hydroxyl groups is 1. The average molecular weight is 262 g/mol. The third-order valence-electron chi connectivity index (χ3n) is 2.52. The van der Waals surface area contributed by atoms with E-state index in [1.807, 2.05) is 0 Å². The third kappa shape index (κ3) is 3.89. The third-order valence-corrected chi connectivity index (χ3v) is 2.52. The molecular weight excluding hydrogens is 245 g/mol. The molecule has 0 heterocycles. The van der Waals surface area contributed by atoms with Crippen LogP contribution in [-0.2, 0) is 6.54 Å². The summed E-state index contributed by atoms with van der Waals surface area (Å²) in [7, 11) is 1.65. The molecule has 0 saturated heterocycles. The van der Waals surface area contributed by atoms with Crippen molar-refractivity contribution >= 4 is 5.69 Å². The highest BCUT2D eigenvalue weighted by Gasteiger charge is 2.17. The molecule has 0 unspecified atom stereocenters. The fourth-order valence-corrected chi connectivity index (χ4v) is 1.79. The molecule has 1 rings (SSSR count). The monoisotopic (exact) mass is 262 g/mol. The van der Waals surface area contributed by atoms with E-state index in [2.05, 4.69) is 5.32 Å². The Morgan fingerprint density at radius 1 is 1.39 bits per heavy atom. The van der Waals surface area contributed by atoms with Gasteiger partial charge >= 0.3 is 0 Å². The molecule has 2 N–H and O–H groups in total. The van der Waals surface area contributed by atoms with Crippen LogP contribution >= 0.6 is 0 Å². The van der Waals surface area contributed by atoms with Gasteiger partial charge in [-0.2, -0.15) is 0 Å². The van der Waals surface area contributed by atoms with Crippen LogP contribution in [-0.4, -0.2) is 38.3 Å². The van der Waals surface area contributed by atoms with Crippen LogP contribution in [0.1, 0.15) is 5.56 Å². The Morgan fingerprint density at radius 2 is 2.11 bits per heavy atom. The maximum atomic E-state index is 13.7. The van der Waals surface area contributed by atoms with Crippen LogP contribution in [0.4, 0.5) is 18.9 Å². The lowest BCUT2D eigenvalue weighted by atomic mass is 10.1. The zero-order chi connectivity index (χ0) is 13.5. The van der Waals surface area contributed by atoms with E-state index >= 15 is 0 Å². The van der Waals surface area contributed by atoms with Crippen LogP contribution in [0.25, 0.3) is 0 Å². The fraction of sp³-hybridized carbons (Fsp3) is 0.500. The second-order valence-corrected chi connectivity index (χ2v) is 3.83. The predicted molar refractivity (Wildman–Crippen MR) is 64.5 cm³/mol. The molecule has 102 valence electrons. The van der Waals surface area contributed by atoms with Crippen molar-refractivity contribution in [2.24, 2.45) is 0 Å². The highest BCUT2D eigenvalue weighted by molar-refractivity contribution is 5.54. The molecule has 0 aliphatic rings. The minimum atomic E-state index is -2.54. The molecule has 0 fully saturated rings. The summed E-state index contributed by atoms with van der Waals surface area (Å²) in [6.07, 6.45) is -2.54. The average Bonchev–Trinajstić information content (AvgIpc) is 2.31. The minimum Gasteiger partial charge on any atom is -0.395 e. The van der Waals surface area contributed by atoms with Gasteiger partial charge in [0.15, 0.2) is 0 Å². The van der Waals surface area contributed by atoms with Gasteiger partial charge in [0.25, 0.3) is 6.43 Å². The van der Waals surface area contributed by atoms with Gasteiger partial charge in [0.05, 0.1) is 13.2 Å². The van der Waals surface area contributed by atoms with E-state index in [1.54, 1.807) is 13.1 Å². The van der Waals surface area contributed by atoms with Crippen LogP contribution in [0.3, 0.4) is 0 Å². The number of alkyl halides is 2. The van der Waals surface area contributed by atoms with E-state index in [9.17, 15) is 13.2 Å². The van der Waals surface area contributed by atoms with E-state index in [0.717, 1.165) is 0 Å². The Hall–Kier alpha value is -1.27. The van der Waals surface area contributed by atoms with Gasteiger partial charge in [-0.3, -0.25) is 0 Å². The van der Waals surface area contributed by atoms with Gasteiger partial charge in [-0.15, -0.1) is 0 Å². The maximum absolute atomic E-state index is 13.7. The van der Waals surface area contributed by atoms with Gasteiger partial charge in [-0.1, -0.05) is 6.07 Å². The first-order valence-corrected chi connectivity index (χ1v) is 5.66. The van der Waals surface area contributed by atoms with E-state index in [1.165, 1.54) is 17.0 Å². The van der Waals surface area contributed by atoms with Crippen molar-refractivity contribution < 1.29 is 18.3 Å². The van der Waals surface area contributed by atoms with Crippen molar-refractivity contribution in [3.8, 4) is 0 Å². The van der Waals surface area contributed by atoms with E-state index < -0.39 is 18.8 Å². The van der Waals surface area contributed by atoms with Crippen LogP contribution in [0.15, 0.2) is 18.2 Å². The van der Waals surface area contributed by atoms with E-state index in [4.69, 9.17) is 5.11 Å². The summed E-state index contributed by atoms with van der Waals surface area (Å²) in [6, 6.07) is 4.34. The first kappa shape index (κ1) is 14.8. The van der Waals surface area contributed by atoms with Crippen LogP contribution < -0.4 is 10.2 Å². The standard InChI is InChI=1S/C12H17F3N2O/c1-16-7-9-10(13)3-2-4-11(9)17(5-6-18)8-12(14)15/h2-4,12,16,18H,5-8H2,1H3. The largest absolute Gasteiger partial charge is 0.395 e. The molecule has 1 aromatic rings. The smallest absolute Gasteiger partial charge is 0.255 e. The van der Waals surface area contributed by atoms with Crippen LogP contribution in [0.2, 0.25) is 0 Å².